The lowest BCUT2D eigenvalue weighted by Gasteiger charge is -2.23. The highest BCUT2D eigenvalue weighted by Gasteiger charge is 2.67. The summed E-state index contributed by atoms with van der Waals surface area (Å²) in [6.07, 6.45) is 4.10. The molecule has 4 heteroatoms. The van der Waals surface area contributed by atoms with Gasteiger partial charge in [-0.3, -0.25) is 4.79 Å². The Hall–Kier alpha value is -0.640. The number of thiocarbonyl (C=S) groups is 1. The molecule has 3 rings (SSSR count). The van der Waals surface area contributed by atoms with E-state index in [4.69, 9.17) is 18.0 Å². The summed E-state index contributed by atoms with van der Waals surface area (Å²) in [4.78, 5) is 12.7. The summed E-state index contributed by atoms with van der Waals surface area (Å²) in [7, 11) is 0. The van der Waals surface area contributed by atoms with Gasteiger partial charge in [-0.05, 0) is 42.9 Å². The van der Waals surface area contributed by atoms with Crippen molar-refractivity contribution in [3.8, 4) is 0 Å². The van der Waals surface area contributed by atoms with Gasteiger partial charge in [-0.1, -0.05) is 26.1 Å². The van der Waals surface area contributed by atoms with Gasteiger partial charge >= 0.3 is 0 Å². The van der Waals surface area contributed by atoms with Gasteiger partial charge in [-0.15, -0.1) is 0 Å². The Morgan fingerprint density at radius 3 is 2.39 bits per heavy atom. The number of carbonyl (C=O) groups is 1. The number of hydrogen-bond acceptors (Lipinski definition) is 2. The van der Waals surface area contributed by atoms with Crippen molar-refractivity contribution >= 4 is 23.1 Å². The third-order valence-corrected chi connectivity index (χ3v) is 5.96. The Morgan fingerprint density at radius 2 is 1.89 bits per heavy atom. The van der Waals surface area contributed by atoms with E-state index in [2.05, 4.69) is 5.32 Å². The molecule has 0 saturated heterocycles. The van der Waals surface area contributed by atoms with Crippen molar-refractivity contribution in [1.82, 2.24) is 5.32 Å². The van der Waals surface area contributed by atoms with E-state index in [1.54, 1.807) is 0 Å². The third-order valence-electron chi connectivity index (χ3n) is 5.41. The molecule has 4 unspecified atom stereocenters. The van der Waals surface area contributed by atoms with E-state index in [0.717, 1.165) is 11.8 Å². The molecule has 2 bridgehead atoms. The van der Waals surface area contributed by atoms with E-state index in [9.17, 15) is 4.79 Å². The number of fused-ring (bicyclic) bond motifs is 5. The second-order valence-corrected chi connectivity index (χ2v) is 7.42. The minimum absolute atomic E-state index is 0.242. The fourth-order valence-corrected chi connectivity index (χ4v) is 4.26. The van der Waals surface area contributed by atoms with Crippen LogP contribution in [0.1, 0.15) is 33.1 Å². The number of rotatable bonds is 4. The van der Waals surface area contributed by atoms with Crippen molar-refractivity contribution in [2.24, 2.45) is 40.7 Å². The summed E-state index contributed by atoms with van der Waals surface area (Å²) < 4.78 is 0. The molecule has 0 radical (unpaired) electrons. The molecule has 18 heavy (non-hydrogen) atoms. The fourth-order valence-electron chi connectivity index (χ4n) is 4.19. The molecule has 3 nitrogen and oxygen atoms in total. The zero-order valence-corrected chi connectivity index (χ0v) is 11.9. The third kappa shape index (κ3) is 1.77. The smallest absolute Gasteiger partial charge is 0.223 e. The van der Waals surface area contributed by atoms with Gasteiger partial charge in [-0.2, -0.15) is 0 Å². The highest BCUT2D eigenvalue weighted by atomic mass is 32.1. The monoisotopic (exact) mass is 266 g/mol. The van der Waals surface area contributed by atoms with E-state index in [1.165, 1.54) is 19.3 Å². The summed E-state index contributed by atoms with van der Waals surface area (Å²) in [5, 5.41) is 3.06. The standard InChI is InChI=1S/C14H22N2OS/c1-14(2,13(15)18)6-16-12(17)11-9-7-3-4-8(5-7)10(9)11/h7-11H,3-6H2,1-2H3,(H2,15,18)(H,16,17). The zero-order valence-electron chi connectivity index (χ0n) is 11.1. The molecular weight excluding hydrogens is 244 g/mol. The predicted octanol–water partition coefficient (Wildman–Crippen LogP) is 1.71. The Kier molecular flexibility index (Phi) is 2.70. The van der Waals surface area contributed by atoms with E-state index >= 15 is 0 Å². The SMILES string of the molecule is CC(C)(CNC(=O)C1C2C3CCC(C3)C12)C(N)=S. The number of nitrogens with one attached hydrogen (secondary N) is 1. The molecule has 4 atom stereocenters. The average Bonchev–Trinajstić information content (AvgIpc) is 2.75. The first-order chi connectivity index (χ1) is 8.42. The molecule has 3 N–H and O–H groups in total. The zero-order chi connectivity index (χ0) is 13.1. The Morgan fingerprint density at radius 1 is 1.33 bits per heavy atom. The Bertz CT molecular complexity index is 391. The normalized spacial score (nSPS) is 40.4. The fraction of sp³-hybridized carbons (Fsp3) is 0.857. The summed E-state index contributed by atoms with van der Waals surface area (Å²) in [5.41, 5.74) is 5.39. The molecule has 3 fully saturated rings. The largest absolute Gasteiger partial charge is 0.393 e. The van der Waals surface area contributed by atoms with Gasteiger partial charge in [0, 0.05) is 17.9 Å². The van der Waals surface area contributed by atoms with Gasteiger partial charge in [0.05, 0.1) is 4.99 Å². The van der Waals surface area contributed by atoms with Crippen LogP contribution in [0.2, 0.25) is 0 Å². The van der Waals surface area contributed by atoms with E-state index in [-0.39, 0.29) is 11.3 Å². The minimum Gasteiger partial charge on any atom is -0.393 e. The molecule has 0 aromatic heterocycles. The van der Waals surface area contributed by atoms with Crippen LogP contribution in [0.3, 0.4) is 0 Å². The van der Waals surface area contributed by atoms with Crippen LogP contribution < -0.4 is 11.1 Å². The number of hydrogen-bond donors (Lipinski definition) is 2. The van der Waals surface area contributed by atoms with Gasteiger partial charge in [0.25, 0.3) is 0 Å². The molecule has 3 aliphatic rings. The highest BCUT2D eigenvalue weighted by molar-refractivity contribution is 7.80. The van der Waals surface area contributed by atoms with Crippen molar-refractivity contribution in [2.75, 3.05) is 6.54 Å². The molecule has 0 aromatic rings. The lowest BCUT2D eigenvalue weighted by atomic mass is 9.93. The van der Waals surface area contributed by atoms with E-state index in [0.29, 0.717) is 29.3 Å². The van der Waals surface area contributed by atoms with Crippen molar-refractivity contribution in [2.45, 2.75) is 33.1 Å². The lowest BCUT2D eigenvalue weighted by molar-refractivity contribution is -0.123. The Labute approximate surface area is 114 Å². The van der Waals surface area contributed by atoms with Crippen LogP contribution in [0.15, 0.2) is 0 Å². The first-order valence-corrected chi connectivity index (χ1v) is 7.40. The molecule has 0 aromatic carbocycles. The first-order valence-electron chi connectivity index (χ1n) is 6.99. The van der Waals surface area contributed by atoms with Crippen LogP contribution >= 0.6 is 12.2 Å². The van der Waals surface area contributed by atoms with Crippen molar-refractivity contribution in [3.63, 3.8) is 0 Å². The van der Waals surface area contributed by atoms with Gasteiger partial charge in [0.15, 0.2) is 0 Å². The summed E-state index contributed by atoms with van der Waals surface area (Å²) in [5.74, 6) is 3.65. The van der Waals surface area contributed by atoms with E-state index in [1.807, 2.05) is 13.8 Å². The van der Waals surface area contributed by atoms with Gasteiger partial charge in [0.2, 0.25) is 5.91 Å². The maximum absolute atomic E-state index is 12.2. The number of amides is 1. The number of carbonyl (C=O) groups excluding carboxylic acids is 1. The molecule has 3 saturated carbocycles. The van der Waals surface area contributed by atoms with Crippen molar-refractivity contribution in [1.29, 1.82) is 0 Å². The quantitative estimate of drug-likeness (QED) is 0.762. The minimum atomic E-state index is -0.284. The molecule has 0 heterocycles. The van der Waals surface area contributed by atoms with E-state index < -0.39 is 0 Å². The van der Waals surface area contributed by atoms with Crippen LogP contribution in [0.4, 0.5) is 0 Å². The summed E-state index contributed by atoms with van der Waals surface area (Å²) in [6, 6.07) is 0. The van der Waals surface area contributed by atoms with Gasteiger partial charge < -0.3 is 11.1 Å². The van der Waals surface area contributed by atoms with Crippen LogP contribution in [-0.2, 0) is 4.79 Å². The maximum atomic E-state index is 12.2. The van der Waals surface area contributed by atoms with Crippen LogP contribution in [0, 0.1) is 35.0 Å². The number of nitrogens with two attached hydrogens (primary N) is 1. The second-order valence-electron chi connectivity index (χ2n) is 6.98. The van der Waals surface area contributed by atoms with Gasteiger partial charge in [-0.25, -0.2) is 0 Å². The maximum Gasteiger partial charge on any atom is 0.223 e. The molecule has 3 aliphatic carbocycles. The first kappa shape index (κ1) is 12.4. The van der Waals surface area contributed by atoms with Crippen molar-refractivity contribution < 1.29 is 4.79 Å². The van der Waals surface area contributed by atoms with Crippen molar-refractivity contribution in [3.05, 3.63) is 0 Å². The predicted molar refractivity (Wildman–Crippen MR) is 74.9 cm³/mol. The topological polar surface area (TPSA) is 55.1 Å². The molecule has 100 valence electrons. The average molecular weight is 266 g/mol. The molecular formula is C14H22N2OS. The Balaban J connectivity index is 1.54. The molecule has 1 amide bonds. The van der Waals surface area contributed by atoms with Crippen LogP contribution in [0.5, 0.6) is 0 Å². The molecule has 0 spiro atoms. The lowest BCUT2D eigenvalue weighted by Crippen LogP contribution is -2.42. The van der Waals surface area contributed by atoms with Crippen LogP contribution in [-0.4, -0.2) is 17.4 Å². The summed E-state index contributed by atoms with van der Waals surface area (Å²) >= 11 is 5.02. The molecule has 0 aliphatic heterocycles. The summed E-state index contributed by atoms with van der Waals surface area (Å²) in [6.45, 7) is 4.52. The second kappa shape index (κ2) is 3.92. The van der Waals surface area contributed by atoms with Crippen LogP contribution in [0.25, 0.3) is 0 Å². The highest BCUT2D eigenvalue weighted by Crippen LogP contribution is 2.69. The van der Waals surface area contributed by atoms with Gasteiger partial charge in [0.1, 0.15) is 0 Å².